The van der Waals surface area contributed by atoms with Crippen LogP contribution in [0.15, 0.2) is 18.2 Å². The molecule has 1 aromatic rings. The smallest absolute Gasteiger partial charge is 0.219 e. The van der Waals surface area contributed by atoms with Gasteiger partial charge in [0.15, 0.2) is 0 Å². The molecule has 2 aliphatic rings. The summed E-state index contributed by atoms with van der Waals surface area (Å²) in [6, 6.07) is 4.60. The molecule has 4 nitrogen and oxygen atoms in total. The van der Waals surface area contributed by atoms with E-state index in [4.69, 9.17) is 16.3 Å². The highest BCUT2D eigenvalue weighted by Gasteiger charge is 2.48. The largest absolute Gasteiger partial charge is 0.384 e. The number of nitrogens with zero attached hydrogens (tertiary/aromatic N) is 2. The van der Waals surface area contributed by atoms with E-state index < -0.39 is 0 Å². The zero-order valence-corrected chi connectivity index (χ0v) is 15.7. The Hall–Kier alpha value is -1.17. The highest BCUT2D eigenvalue weighted by molar-refractivity contribution is 6.31. The molecule has 1 atom stereocenters. The number of likely N-dealkylation sites (tertiary alicyclic amines) is 2. The molecule has 1 unspecified atom stereocenters. The van der Waals surface area contributed by atoms with Crippen molar-refractivity contribution in [2.75, 3.05) is 39.9 Å². The molecule has 25 heavy (non-hydrogen) atoms. The van der Waals surface area contributed by atoms with Crippen LogP contribution in [-0.2, 0) is 16.1 Å². The SMILES string of the molecule is COCC1CN(C(C)=O)CC12CCN(Cc1ccc(F)cc1Cl)CC2. The quantitative estimate of drug-likeness (QED) is 0.818. The van der Waals surface area contributed by atoms with Crippen molar-refractivity contribution >= 4 is 17.5 Å². The van der Waals surface area contributed by atoms with Gasteiger partial charge in [0.1, 0.15) is 5.82 Å². The Kier molecular flexibility index (Phi) is 5.66. The van der Waals surface area contributed by atoms with Gasteiger partial charge in [0.25, 0.3) is 0 Å². The van der Waals surface area contributed by atoms with E-state index in [1.165, 1.54) is 12.1 Å². The van der Waals surface area contributed by atoms with Gasteiger partial charge >= 0.3 is 0 Å². The number of methoxy groups -OCH3 is 1. The molecular formula is C19H26ClFN2O2. The predicted molar refractivity (Wildman–Crippen MR) is 96.0 cm³/mol. The van der Waals surface area contributed by atoms with Gasteiger partial charge in [-0.15, -0.1) is 0 Å². The minimum atomic E-state index is -0.302. The molecule has 0 aliphatic carbocycles. The number of piperidine rings is 1. The van der Waals surface area contributed by atoms with E-state index in [-0.39, 0.29) is 17.1 Å². The molecule has 2 fully saturated rings. The van der Waals surface area contributed by atoms with Gasteiger partial charge in [-0.05, 0) is 49.0 Å². The lowest BCUT2D eigenvalue weighted by Gasteiger charge is -2.42. The van der Waals surface area contributed by atoms with Crippen LogP contribution in [0, 0.1) is 17.2 Å². The Balaban J connectivity index is 1.64. The van der Waals surface area contributed by atoms with Crippen LogP contribution in [0.5, 0.6) is 0 Å². The minimum Gasteiger partial charge on any atom is -0.384 e. The van der Waals surface area contributed by atoms with Crippen molar-refractivity contribution < 1.29 is 13.9 Å². The molecule has 138 valence electrons. The number of rotatable bonds is 4. The number of carbonyl (C=O) groups is 1. The lowest BCUT2D eigenvalue weighted by molar-refractivity contribution is -0.128. The van der Waals surface area contributed by atoms with E-state index in [1.54, 1.807) is 20.1 Å². The maximum absolute atomic E-state index is 13.2. The maximum atomic E-state index is 13.2. The Morgan fingerprint density at radius 1 is 1.40 bits per heavy atom. The third-order valence-electron chi connectivity index (χ3n) is 5.89. The maximum Gasteiger partial charge on any atom is 0.219 e. The Bertz CT molecular complexity index is 632. The molecule has 6 heteroatoms. The highest BCUT2D eigenvalue weighted by Crippen LogP contribution is 2.45. The molecule has 2 heterocycles. The average Bonchev–Trinajstić information content (AvgIpc) is 2.91. The first kappa shape index (κ1) is 18.6. The molecule has 2 aliphatic heterocycles. The molecule has 1 amide bonds. The van der Waals surface area contributed by atoms with Crippen LogP contribution < -0.4 is 0 Å². The number of carbonyl (C=O) groups excluding carboxylic acids is 1. The lowest BCUT2D eigenvalue weighted by Crippen LogP contribution is -2.45. The van der Waals surface area contributed by atoms with E-state index in [2.05, 4.69) is 4.90 Å². The molecule has 0 aromatic heterocycles. The van der Waals surface area contributed by atoms with Crippen molar-refractivity contribution in [3.05, 3.63) is 34.6 Å². The van der Waals surface area contributed by atoms with Crippen molar-refractivity contribution in [1.82, 2.24) is 9.80 Å². The Morgan fingerprint density at radius 2 is 2.12 bits per heavy atom. The van der Waals surface area contributed by atoms with Crippen LogP contribution in [0.4, 0.5) is 4.39 Å². The summed E-state index contributed by atoms with van der Waals surface area (Å²) < 4.78 is 18.6. The first-order valence-electron chi connectivity index (χ1n) is 8.84. The molecule has 2 saturated heterocycles. The third kappa shape index (κ3) is 3.99. The average molecular weight is 369 g/mol. The zero-order valence-electron chi connectivity index (χ0n) is 14.9. The second-order valence-electron chi connectivity index (χ2n) is 7.43. The monoisotopic (exact) mass is 368 g/mol. The standard InChI is InChI=1S/C19H26ClFN2O2/c1-14(24)23-11-16(12-25-2)19(13-23)5-7-22(8-6-19)10-15-3-4-17(21)9-18(15)20/h3-4,9,16H,5-8,10-13H2,1-2H3. The summed E-state index contributed by atoms with van der Waals surface area (Å²) >= 11 is 6.16. The van der Waals surface area contributed by atoms with Gasteiger partial charge in [-0.2, -0.15) is 0 Å². The first-order valence-corrected chi connectivity index (χ1v) is 9.22. The summed E-state index contributed by atoms with van der Waals surface area (Å²) in [4.78, 5) is 16.2. The number of hydrogen-bond donors (Lipinski definition) is 0. The third-order valence-corrected chi connectivity index (χ3v) is 6.24. The van der Waals surface area contributed by atoms with Gasteiger partial charge < -0.3 is 9.64 Å². The molecule has 0 N–H and O–H groups in total. The van der Waals surface area contributed by atoms with Crippen LogP contribution in [-0.4, -0.2) is 55.6 Å². The van der Waals surface area contributed by atoms with Gasteiger partial charge in [-0.1, -0.05) is 17.7 Å². The van der Waals surface area contributed by atoms with Crippen molar-refractivity contribution in [2.24, 2.45) is 11.3 Å². The zero-order chi connectivity index (χ0) is 18.0. The lowest BCUT2D eigenvalue weighted by atomic mass is 9.71. The fourth-order valence-electron chi connectivity index (χ4n) is 4.32. The molecule has 0 saturated carbocycles. The summed E-state index contributed by atoms with van der Waals surface area (Å²) in [5.74, 6) is 0.250. The molecule has 3 rings (SSSR count). The van der Waals surface area contributed by atoms with Crippen molar-refractivity contribution in [3.63, 3.8) is 0 Å². The van der Waals surface area contributed by atoms with Gasteiger partial charge in [-0.3, -0.25) is 9.69 Å². The summed E-state index contributed by atoms with van der Waals surface area (Å²) in [7, 11) is 1.73. The van der Waals surface area contributed by atoms with Crippen LogP contribution in [0.2, 0.25) is 5.02 Å². The van der Waals surface area contributed by atoms with Crippen LogP contribution in [0.25, 0.3) is 0 Å². The van der Waals surface area contributed by atoms with E-state index in [9.17, 15) is 9.18 Å². The van der Waals surface area contributed by atoms with E-state index >= 15 is 0 Å². The fraction of sp³-hybridized carbons (Fsp3) is 0.632. The summed E-state index contributed by atoms with van der Waals surface area (Å²) in [5, 5.41) is 0.487. The van der Waals surface area contributed by atoms with Crippen molar-refractivity contribution in [3.8, 4) is 0 Å². The predicted octanol–water partition coefficient (Wildman–Crippen LogP) is 3.19. The van der Waals surface area contributed by atoms with Gasteiger partial charge in [0, 0.05) is 44.6 Å². The number of benzene rings is 1. The van der Waals surface area contributed by atoms with Gasteiger partial charge in [0.2, 0.25) is 5.91 Å². The summed E-state index contributed by atoms with van der Waals surface area (Å²) in [5.41, 5.74) is 1.12. The van der Waals surface area contributed by atoms with Crippen molar-refractivity contribution in [2.45, 2.75) is 26.3 Å². The van der Waals surface area contributed by atoms with E-state index in [0.717, 1.165) is 51.1 Å². The number of halogens is 2. The van der Waals surface area contributed by atoms with Crippen LogP contribution >= 0.6 is 11.6 Å². The highest BCUT2D eigenvalue weighted by atomic mass is 35.5. The van der Waals surface area contributed by atoms with Gasteiger partial charge in [0.05, 0.1) is 6.61 Å². The summed E-state index contributed by atoms with van der Waals surface area (Å²) in [6.07, 6.45) is 2.09. The van der Waals surface area contributed by atoms with Crippen molar-refractivity contribution in [1.29, 1.82) is 0 Å². The summed E-state index contributed by atoms with van der Waals surface area (Å²) in [6.45, 7) is 6.64. The Morgan fingerprint density at radius 3 is 2.72 bits per heavy atom. The topological polar surface area (TPSA) is 32.8 Å². The number of ether oxygens (including phenoxy) is 1. The second-order valence-corrected chi connectivity index (χ2v) is 7.83. The number of amides is 1. The Labute approximate surface area is 153 Å². The fourth-order valence-corrected chi connectivity index (χ4v) is 4.54. The molecule has 0 bridgehead atoms. The van der Waals surface area contributed by atoms with E-state index in [0.29, 0.717) is 17.5 Å². The number of hydrogen-bond acceptors (Lipinski definition) is 3. The van der Waals surface area contributed by atoms with Crippen LogP contribution in [0.1, 0.15) is 25.3 Å². The van der Waals surface area contributed by atoms with E-state index in [1.807, 2.05) is 4.90 Å². The van der Waals surface area contributed by atoms with Gasteiger partial charge in [-0.25, -0.2) is 4.39 Å². The molecular weight excluding hydrogens is 343 g/mol. The molecule has 1 spiro atoms. The first-order chi connectivity index (χ1) is 11.9. The normalized spacial score (nSPS) is 23.4. The minimum absolute atomic E-state index is 0.151. The van der Waals surface area contributed by atoms with Crippen LogP contribution in [0.3, 0.4) is 0 Å². The molecule has 1 aromatic carbocycles. The second kappa shape index (κ2) is 7.60. The molecule has 0 radical (unpaired) electrons.